The molecule has 0 aromatic heterocycles. The molecule has 0 spiro atoms. The smallest absolute Gasteiger partial charge is 0.265 e. The molecule has 0 radical (unpaired) electrons. The van der Waals surface area contributed by atoms with Gasteiger partial charge < -0.3 is 9.47 Å². The summed E-state index contributed by atoms with van der Waals surface area (Å²) in [6, 6.07) is 2.75. The Morgan fingerprint density at radius 1 is 1.21 bits per heavy atom. The van der Waals surface area contributed by atoms with Gasteiger partial charge in [-0.15, -0.1) is 0 Å². The van der Waals surface area contributed by atoms with E-state index in [1.807, 2.05) is 0 Å². The molecule has 1 aromatic rings. The number of benzene rings is 1. The van der Waals surface area contributed by atoms with Crippen LogP contribution < -0.4 is 9.47 Å². The molecule has 0 unspecified atom stereocenters. The lowest BCUT2D eigenvalue weighted by Crippen LogP contribution is -1.95. The number of alkyl halides is 2. The number of halogens is 3. The highest BCUT2D eigenvalue weighted by atomic mass is 79.9. The van der Waals surface area contributed by atoms with Crippen LogP contribution in [-0.4, -0.2) is 14.2 Å². The van der Waals surface area contributed by atoms with Gasteiger partial charge in [-0.05, 0) is 28.1 Å². The lowest BCUT2D eigenvalue weighted by atomic mass is 10.2. The van der Waals surface area contributed by atoms with Crippen molar-refractivity contribution >= 4 is 15.9 Å². The standard InChI is InChI=1S/C9H9BrF2O2/c1-13-6-4-3-5(9(11)12)7(10)8(6)14-2/h3-4,9H,1-2H3. The summed E-state index contributed by atoms with van der Waals surface area (Å²) in [4.78, 5) is 0. The summed E-state index contributed by atoms with van der Waals surface area (Å²) in [6.45, 7) is 0. The van der Waals surface area contributed by atoms with Gasteiger partial charge in [-0.25, -0.2) is 8.78 Å². The number of methoxy groups -OCH3 is 2. The summed E-state index contributed by atoms with van der Waals surface area (Å²) in [5, 5.41) is 0. The summed E-state index contributed by atoms with van der Waals surface area (Å²) in [5.41, 5.74) is -0.109. The molecule has 0 fully saturated rings. The summed E-state index contributed by atoms with van der Waals surface area (Å²) in [7, 11) is 2.85. The Morgan fingerprint density at radius 2 is 1.86 bits per heavy atom. The van der Waals surface area contributed by atoms with E-state index in [4.69, 9.17) is 9.47 Å². The predicted molar refractivity (Wildman–Crippen MR) is 52.2 cm³/mol. The first-order chi connectivity index (χ1) is 6.61. The molecule has 0 aliphatic rings. The second-order valence-electron chi connectivity index (χ2n) is 2.50. The molecule has 1 aromatic carbocycles. The van der Waals surface area contributed by atoms with E-state index in [0.717, 1.165) is 0 Å². The molecule has 0 aliphatic carbocycles. The molecule has 5 heteroatoms. The highest BCUT2D eigenvalue weighted by molar-refractivity contribution is 9.10. The number of hydrogen-bond donors (Lipinski definition) is 0. The maximum Gasteiger partial charge on any atom is 0.265 e. The minimum Gasteiger partial charge on any atom is -0.493 e. The van der Waals surface area contributed by atoms with Gasteiger partial charge in [-0.2, -0.15) is 0 Å². The van der Waals surface area contributed by atoms with Crippen LogP contribution >= 0.6 is 15.9 Å². The van der Waals surface area contributed by atoms with Crippen molar-refractivity contribution in [2.24, 2.45) is 0 Å². The molecule has 0 aliphatic heterocycles. The van der Waals surface area contributed by atoms with Crippen molar-refractivity contribution in [3.8, 4) is 11.5 Å². The molecule has 0 amide bonds. The molecule has 1 rings (SSSR count). The fourth-order valence-electron chi connectivity index (χ4n) is 1.07. The van der Waals surface area contributed by atoms with Gasteiger partial charge in [0.1, 0.15) is 0 Å². The molecule has 0 atom stereocenters. The zero-order valence-electron chi connectivity index (χ0n) is 7.68. The van der Waals surface area contributed by atoms with Crippen LogP contribution in [0.25, 0.3) is 0 Å². The fourth-order valence-corrected chi connectivity index (χ4v) is 1.74. The topological polar surface area (TPSA) is 18.5 Å². The molecule has 78 valence electrons. The summed E-state index contributed by atoms with van der Waals surface area (Å²) in [5.74, 6) is 0.703. The monoisotopic (exact) mass is 266 g/mol. The first kappa shape index (κ1) is 11.2. The van der Waals surface area contributed by atoms with Crippen molar-refractivity contribution in [1.82, 2.24) is 0 Å². The minimum absolute atomic E-state index is 0.109. The van der Waals surface area contributed by atoms with Crippen LogP contribution in [0, 0.1) is 0 Å². The van der Waals surface area contributed by atoms with E-state index < -0.39 is 6.43 Å². The van der Waals surface area contributed by atoms with Gasteiger partial charge in [0.25, 0.3) is 6.43 Å². The van der Waals surface area contributed by atoms with E-state index in [9.17, 15) is 8.78 Å². The van der Waals surface area contributed by atoms with Crippen molar-refractivity contribution in [1.29, 1.82) is 0 Å². The second-order valence-corrected chi connectivity index (χ2v) is 3.30. The zero-order valence-corrected chi connectivity index (χ0v) is 9.27. The number of rotatable bonds is 3. The van der Waals surface area contributed by atoms with Crippen molar-refractivity contribution in [3.05, 3.63) is 22.2 Å². The van der Waals surface area contributed by atoms with Gasteiger partial charge in [-0.3, -0.25) is 0 Å². The lowest BCUT2D eigenvalue weighted by molar-refractivity contribution is 0.150. The van der Waals surface area contributed by atoms with Crippen molar-refractivity contribution < 1.29 is 18.3 Å². The maximum absolute atomic E-state index is 12.5. The molecular weight excluding hydrogens is 258 g/mol. The van der Waals surface area contributed by atoms with Gasteiger partial charge >= 0.3 is 0 Å². The van der Waals surface area contributed by atoms with Crippen molar-refractivity contribution in [2.45, 2.75) is 6.43 Å². The average Bonchev–Trinajstić information content (AvgIpc) is 2.16. The summed E-state index contributed by atoms with van der Waals surface area (Å²) < 4.78 is 35.0. The van der Waals surface area contributed by atoms with E-state index in [-0.39, 0.29) is 15.8 Å². The van der Waals surface area contributed by atoms with Crippen molar-refractivity contribution in [2.75, 3.05) is 14.2 Å². The largest absolute Gasteiger partial charge is 0.493 e. The Hall–Kier alpha value is -0.840. The highest BCUT2D eigenvalue weighted by Crippen LogP contribution is 2.40. The Balaban J connectivity index is 3.27. The Morgan fingerprint density at radius 3 is 2.29 bits per heavy atom. The van der Waals surface area contributed by atoms with Gasteiger partial charge in [0.05, 0.1) is 18.7 Å². The van der Waals surface area contributed by atoms with Crippen LogP contribution in [0.2, 0.25) is 0 Å². The van der Waals surface area contributed by atoms with Crippen LogP contribution in [0.1, 0.15) is 12.0 Å². The first-order valence-electron chi connectivity index (χ1n) is 3.80. The van der Waals surface area contributed by atoms with Gasteiger partial charge in [-0.1, -0.05) is 0 Å². The fraction of sp³-hybridized carbons (Fsp3) is 0.333. The Bertz CT molecular complexity index is 329. The molecule has 0 N–H and O–H groups in total. The quantitative estimate of drug-likeness (QED) is 0.835. The molecule has 2 nitrogen and oxygen atoms in total. The Labute approximate surface area is 89.0 Å². The number of hydrogen-bond acceptors (Lipinski definition) is 2. The van der Waals surface area contributed by atoms with Gasteiger partial charge in [0.2, 0.25) is 0 Å². The van der Waals surface area contributed by atoms with Crippen LogP contribution in [0.5, 0.6) is 11.5 Å². The Kier molecular flexibility index (Phi) is 3.69. The van der Waals surface area contributed by atoms with E-state index in [0.29, 0.717) is 5.75 Å². The summed E-state index contributed by atoms with van der Waals surface area (Å²) >= 11 is 3.05. The van der Waals surface area contributed by atoms with Gasteiger partial charge in [0.15, 0.2) is 11.5 Å². The normalized spacial score (nSPS) is 10.4. The average molecular weight is 267 g/mol. The molecule has 0 heterocycles. The number of ether oxygens (including phenoxy) is 2. The van der Waals surface area contributed by atoms with E-state index in [1.54, 1.807) is 0 Å². The SMILES string of the molecule is COc1ccc(C(F)F)c(Br)c1OC. The molecule has 0 bridgehead atoms. The van der Waals surface area contributed by atoms with E-state index in [2.05, 4.69) is 15.9 Å². The minimum atomic E-state index is -2.54. The third-order valence-corrected chi connectivity index (χ3v) is 2.57. The van der Waals surface area contributed by atoms with Crippen molar-refractivity contribution in [3.63, 3.8) is 0 Å². The first-order valence-corrected chi connectivity index (χ1v) is 4.59. The van der Waals surface area contributed by atoms with Crippen LogP contribution in [-0.2, 0) is 0 Å². The van der Waals surface area contributed by atoms with Crippen LogP contribution in [0.3, 0.4) is 0 Å². The zero-order chi connectivity index (χ0) is 10.7. The highest BCUT2D eigenvalue weighted by Gasteiger charge is 2.18. The van der Waals surface area contributed by atoms with Crippen LogP contribution in [0.4, 0.5) is 8.78 Å². The second kappa shape index (κ2) is 4.59. The summed E-state index contributed by atoms with van der Waals surface area (Å²) in [6.07, 6.45) is -2.54. The molecule has 0 saturated heterocycles. The molecular formula is C9H9BrF2O2. The van der Waals surface area contributed by atoms with Crippen LogP contribution in [0.15, 0.2) is 16.6 Å². The third kappa shape index (κ3) is 1.97. The third-order valence-electron chi connectivity index (χ3n) is 1.75. The molecule has 14 heavy (non-hydrogen) atoms. The predicted octanol–water partition coefficient (Wildman–Crippen LogP) is 3.40. The maximum atomic E-state index is 12.5. The molecule has 0 saturated carbocycles. The van der Waals surface area contributed by atoms with E-state index >= 15 is 0 Å². The lowest BCUT2D eigenvalue weighted by Gasteiger charge is -2.12. The van der Waals surface area contributed by atoms with Gasteiger partial charge in [0, 0.05) is 5.56 Å². The van der Waals surface area contributed by atoms with E-state index in [1.165, 1.54) is 26.4 Å².